The van der Waals surface area contributed by atoms with E-state index < -0.39 is 8.56 Å². The van der Waals surface area contributed by atoms with E-state index in [4.69, 9.17) is 20.3 Å². The molecule has 0 amide bonds. The van der Waals surface area contributed by atoms with E-state index in [1.165, 1.54) is 0 Å². The van der Waals surface area contributed by atoms with Gasteiger partial charge in [-0.25, -0.2) is 0 Å². The lowest BCUT2D eigenvalue weighted by molar-refractivity contribution is 0.201. The normalized spacial score (nSPS) is 18.2. The maximum atomic E-state index is 5.71. The molecule has 0 saturated carbocycles. The summed E-state index contributed by atoms with van der Waals surface area (Å²) in [7, 11) is -0.313. The molecule has 0 aromatic heterocycles. The maximum absolute atomic E-state index is 5.71. The van der Waals surface area contributed by atoms with E-state index in [0.717, 1.165) is 12.5 Å². The average Bonchev–Trinajstić information content (AvgIpc) is 2.04. The monoisotopic (exact) mass is 206 g/mol. The van der Waals surface area contributed by atoms with Crippen molar-refractivity contribution in [1.29, 1.82) is 0 Å². The fraction of sp³-hybridized carbons (Fsp3) is 1.00. The standard InChI is InChI=1S/C8H22N2O2Si/c1-8(10)7-13(3,11-2)12-6-4-5-9/h8H,4-7,9-10H2,1-3H3. The largest absolute Gasteiger partial charge is 0.398 e. The Labute approximate surface area is 81.8 Å². The Morgan fingerprint density at radius 1 is 1.46 bits per heavy atom. The van der Waals surface area contributed by atoms with Gasteiger partial charge in [0, 0.05) is 25.8 Å². The van der Waals surface area contributed by atoms with Crippen LogP contribution in [0.2, 0.25) is 12.6 Å². The summed E-state index contributed by atoms with van der Waals surface area (Å²) in [4.78, 5) is 0. The van der Waals surface area contributed by atoms with Crippen LogP contribution in [0.5, 0.6) is 0 Å². The maximum Gasteiger partial charge on any atom is 0.336 e. The molecular weight excluding hydrogens is 184 g/mol. The van der Waals surface area contributed by atoms with Crippen molar-refractivity contribution in [3.8, 4) is 0 Å². The fourth-order valence-corrected chi connectivity index (χ4v) is 3.31. The van der Waals surface area contributed by atoms with E-state index in [1.54, 1.807) is 7.11 Å². The predicted molar refractivity (Wildman–Crippen MR) is 56.7 cm³/mol. The molecule has 0 aromatic carbocycles. The highest BCUT2D eigenvalue weighted by atomic mass is 28.4. The summed E-state index contributed by atoms with van der Waals surface area (Å²) in [6, 6.07) is 0.961. The summed E-state index contributed by atoms with van der Waals surface area (Å²) in [5, 5.41) is 0. The van der Waals surface area contributed by atoms with Gasteiger partial charge in [-0.2, -0.15) is 0 Å². The molecule has 2 atom stereocenters. The van der Waals surface area contributed by atoms with Crippen molar-refractivity contribution in [3.63, 3.8) is 0 Å². The first-order valence-corrected chi connectivity index (χ1v) is 7.21. The summed E-state index contributed by atoms with van der Waals surface area (Å²) in [5.74, 6) is 0. The molecule has 0 saturated heterocycles. The molecule has 0 bridgehead atoms. The van der Waals surface area contributed by atoms with E-state index in [2.05, 4.69) is 0 Å². The summed E-state index contributed by atoms with van der Waals surface area (Å²) in [5.41, 5.74) is 11.1. The van der Waals surface area contributed by atoms with Crippen molar-refractivity contribution in [2.75, 3.05) is 20.3 Å². The second-order valence-electron chi connectivity index (χ2n) is 3.51. The van der Waals surface area contributed by atoms with Crippen LogP contribution in [0.4, 0.5) is 0 Å². The van der Waals surface area contributed by atoms with Crippen molar-refractivity contribution < 1.29 is 8.85 Å². The van der Waals surface area contributed by atoms with Crippen LogP contribution in [-0.2, 0) is 8.85 Å². The SMILES string of the molecule is CO[Si](C)(CC(C)N)OCCCN. The highest BCUT2D eigenvalue weighted by Gasteiger charge is 2.31. The van der Waals surface area contributed by atoms with Crippen LogP contribution >= 0.6 is 0 Å². The van der Waals surface area contributed by atoms with E-state index in [-0.39, 0.29) is 6.04 Å². The second kappa shape index (κ2) is 6.50. The third kappa shape index (κ3) is 6.17. The number of nitrogens with two attached hydrogens (primary N) is 2. The molecule has 2 unspecified atom stereocenters. The van der Waals surface area contributed by atoms with Crippen LogP contribution in [-0.4, -0.2) is 34.9 Å². The van der Waals surface area contributed by atoms with Gasteiger partial charge in [0.1, 0.15) is 0 Å². The second-order valence-corrected chi connectivity index (χ2v) is 6.88. The van der Waals surface area contributed by atoms with Crippen molar-refractivity contribution >= 4 is 8.56 Å². The van der Waals surface area contributed by atoms with Gasteiger partial charge in [-0.15, -0.1) is 0 Å². The Bertz CT molecular complexity index is 135. The molecule has 13 heavy (non-hydrogen) atoms. The van der Waals surface area contributed by atoms with Crippen LogP contribution in [0, 0.1) is 0 Å². The highest BCUT2D eigenvalue weighted by Crippen LogP contribution is 2.14. The summed E-state index contributed by atoms with van der Waals surface area (Å²) in [6.07, 6.45) is 0.880. The van der Waals surface area contributed by atoms with Gasteiger partial charge in [-0.1, -0.05) is 6.92 Å². The van der Waals surface area contributed by atoms with Gasteiger partial charge in [-0.05, 0) is 19.5 Å². The number of rotatable bonds is 7. The van der Waals surface area contributed by atoms with Gasteiger partial charge >= 0.3 is 8.56 Å². The van der Waals surface area contributed by atoms with Gasteiger partial charge in [0.15, 0.2) is 0 Å². The molecule has 0 aromatic rings. The van der Waals surface area contributed by atoms with Crippen LogP contribution in [0.25, 0.3) is 0 Å². The van der Waals surface area contributed by atoms with Crippen molar-refractivity contribution in [2.24, 2.45) is 11.5 Å². The molecule has 0 spiro atoms. The summed E-state index contributed by atoms with van der Waals surface area (Å²) in [6.45, 7) is 5.34. The fourth-order valence-electron chi connectivity index (χ4n) is 1.16. The van der Waals surface area contributed by atoms with E-state index >= 15 is 0 Å². The molecule has 0 heterocycles. The minimum Gasteiger partial charge on any atom is -0.398 e. The predicted octanol–water partition coefficient (Wildman–Crippen LogP) is 0.417. The molecule has 0 aliphatic rings. The molecule has 4 nitrogen and oxygen atoms in total. The highest BCUT2D eigenvalue weighted by molar-refractivity contribution is 6.66. The lowest BCUT2D eigenvalue weighted by Gasteiger charge is -2.26. The van der Waals surface area contributed by atoms with Gasteiger partial charge < -0.3 is 20.3 Å². The first-order chi connectivity index (χ1) is 6.04. The van der Waals surface area contributed by atoms with Crippen LogP contribution in [0.3, 0.4) is 0 Å². The van der Waals surface area contributed by atoms with Crippen LogP contribution in [0.1, 0.15) is 13.3 Å². The van der Waals surface area contributed by atoms with Crippen molar-refractivity contribution in [1.82, 2.24) is 0 Å². The van der Waals surface area contributed by atoms with E-state index in [1.807, 2.05) is 13.5 Å². The molecular formula is C8H22N2O2Si. The number of hydrogen-bond acceptors (Lipinski definition) is 4. The molecule has 80 valence electrons. The Morgan fingerprint density at radius 2 is 2.08 bits per heavy atom. The lowest BCUT2D eigenvalue weighted by Crippen LogP contribution is -2.42. The Balaban J connectivity index is 3.81. The smallest absolute Gasteiger partial charge is 0.336 e. The molecule has 0 radical (unpaired) electrons. The first kappa shape index (κ1) is 13.1. The minimum absolute atomic E-state index is 0.134. The lowest BCUT2D eigenvalue weighted by atomic mass is 10.4. The van der Waals surface area contributed by atoms with Crippen LogP contribution < -0.4 is 11.5 Å². The average molecular weight is 206 g/mol. The third-order valence-electron chi connectivity index (χ3n) is 1.88. The topological polar surface area (TPSA) is 70.5 Å². The van der Waals surface area contributed by atoms with Crippen molar-refractivity contribution in [2.45, 2.75) is 32.0 Å². The summed E-state index contributed by atoms with van der Waals surface area (Å²) < 4.78 is 11.1. The van der Waals surface area contributed by atoms with Crippen molar-refractivity contribution in [3.05, 3.63) is 0 Å². The Hall–Kier alpha value is 0.0569. The van der Waals surface area contributed by atoms with Gasteiger partial charge in [0.05, 0.1) is 0 Å². The zero-order valence-corrected chi connectivity index (χ0v) is 9.88. The molecule has 0 rings (SSSR count). The van der Waals surface area contributed by atoms with Gasteiger partial charge in [0.25, 0.3) is 0 Å². The molecule has 4 N–H and O–H groups in total. The first-order valence-electron chi connectivity index (χ1n) is 4.69. The molecule has 0 aliphatic carbocycles. The zero-order valence-electron chi connectivity index (χ0n) is 8.88. The third-order valence-corrected chi connectivity index (χ3v) is 4.94. The van der Waals surface area contributed by atoms with Crippen LogP contribution in [0.15, 0.2) is 0 Å². The quantitative estimate of drug-likeness (QED) is 0.468. The Kier molecular flexibility index (Phi) is 6.53. The molecule has 0 fully saturated rings. The van der Waals surface area contributed by atoms with E-state index in [0.29, 0.717) is 13.2 Å². The van der Waals surface area contributed by atoms with Gasteiger partial charge in [0.2, 0.25) is 0 Å². The minimum atomic E-state index is -2.00. The molecule has 0 aliphatic heterocycles. The molecule has 5 heteroatoms. The summed E-state index contributed by atoms with van der Waals surface area (Å²) >= 11 is 0. The zero-order chi connectivity index (χ0) is 10.3. The van der Waals surface area contributed by atoms with E-state index in [9.17, 15) is 0 Å². The number of hydrogen-bond donors (Lipinski definition) is 2. The Morgan fingerprint density at radius 3 is 2.46 bits per heavy atom. The van der Waals surface area contributed by atoms with Gasteiger partial charge in [-0.3, -0.25) is 0 Å².